The number of hydrogen-bond acceptors (Lipinski definition) is 4. The molecular weight excluding hydrogens is 309 g/mol. The molecule has 3 heterocycles. The highest BCUT2D eigenvalue weighted by atomic mass is 19.1. The smallest absolute Gasteiger partial charge is 0.264 e. The van der Waals surface area contributed by atoms with Crippen LogP contribution in [0.25, 0.3) is 33.6 Å². The standard InChI is InChI=1S/C18H12FN3O2/c1-22-14(13-4-2-3-9-20-13)10-15-16(18(22)23)17(21-24-15)11-5-7-12(19)8-6-11/h2-10H,1H3. The Morgan fingerprint density at radius 1 is 1.12 bits per heavy atom. The van der Waals surface area contributed by atoms with Crippen LogP contribution in [0.3, 0.4) is 0 Å². The van der Waals surface area contributed by atoms with Crippen molar-refractivity contribution in [2.24, 2.45) is 7.05 Å². The summed E-state index contributed by atoms with van der Waals surface area (Å²) in [7, 11) is 1.67. The van der Waals surface area contributed by atoms with Gasteiger partial charge in [-0.25, -0.2) is 4.39 Å². The molecule has 0 N–H and O–H groups in total. The predicted molar refractivity (Wildman–Crippen MR) is 87.9 cm³/mol. The zero-order valence-corrected chi connectivity index (χ0v) is 12.7. The number of rotatable bonds is 2. The molecular formula is C18H12FN3O2. The number of fused-ring (bicyclic) bond motifs is 1. The molecule has 0 amide bonds. The van der Waals surface area contributed by atoms with Gasteiger partial charge in [0.2, 0.25) is 0 Å². The van der Waals surface area contributed by atoms with E-state index in [1.165, 1.54) is 16.7 Å². The fourth-order valence-corrected chi connectivity index (χ4v) is 2.67. The summed E-state index contributed by atoms with van der Waals surface area (Å²) in [4.78, 5) is 17.1. The van der Waals surface area contributed by atoms with Crippen LogP contribution in [0.15, 0.2) is 64.0 Å². The molecule has 0 aliphatic rings. The lowest BCUT2D eigenvalue weighted by atomic mass is 10.1. The van der Waals surface area contributed by atoms with E-state index in [4.69, 9.17) is 4.52 Å². The van der Waals surface area contributed by atoms with Crippen molar-refractivity contribution in [3.8, 4) is 22.6 Å². The maximum atomic E-state index is 13.1. The van der Waals surface area contributed by atoms with Gasteiger partial charge in [0.25, 0.3) is 5.56 Å². The van der Waals surface area contributed by atoms with Gasteiger partial charge in [-0.15, -0.1) is 0 Å². The lowest BCUT2D eigenvalue weighted by molar-refractivity contribution is 0.459. The summed E-state index contributed by atoms with van der Waals surface area (Å²) in [6.45, 7) is 0. The third kappa shape index (κ3) is 2.20. The molecule has 0 aliphatic carbocycles. The quantitative estimate of drug-likeness (QED) is 0.568. The average molecular weight is 321 g/mol. The lowest BCUT2D eigenvalue weighted by Gasteiger charge is -2.07. The normalized spacial score (nSPS) is 11.1. The summed E-state index contributed by atoms with van der Waals surface area (Å²) in [5, 5.41) is 4.37. The summed E-state index contributed by atoms with van der Waals surface area (Å²) in [5.41, 5.74) is 2.46. The van der Waals surface area contributed by atoms with E-state index in [1.54, 1.807) is 37.5 Å². The van der Waals surface area contributed by atoms with E-state index in [0.717, 1.165) is 0 Å². The molecule has 0 saturated carbocycles. The van der Waals surface area contributed by atoms with E-state index in [2.05, 4.69) is 10.1 Å². The molecule has 1 aromatic carbocycles. The Morgan fingerprint density at radius 3 is 2.62 bits per heavy atom. The van der Waals surface area contributed by atoms with Gasteiger partial charge >= 0.3 is 0 Å². The van der Waals surface area contributed by atoms with Crippen LogP contribution < -0.4 is 5.56 Å². The van der Waals surface area contributed by atoms with Crippen LogP contribution in [0.2, 0.25) is 0 Å². The van der Waals surface area contributed by atoms with Gasteiger partial charge in [0.15, 0.2) is 5.58 Å². The van der Waals surface area contributed by atoms with Crippen molar-refractivity contribution in [3.05, 3.63) is 70.9 Å². The van der Waals surface area contributed by atoms with E-state index in [0.29, 0.717) is 33.6 Å². The zero-order valence-electron chi connectivity index (χ0n) is 12.7. The molecule has 4 rings (SSSR count). The van der Waals surface area contributed by atoms with Gasteiger partial charge in [-0.05, 0) is 36.4 Å². The molecule has 0 unspecified atom stereocenters. The Morgan fingerprint density at radius 2 is 1.92 bits per heavy atom. The number of aromatic nitrogens is 3. The second kappa shape index (κ2) is 5.42. The minimum atomic E-state index is -0.350. The molecule has 24 heavy (non-hydrogen) atoms. The predicted octanol–water partition coefficient (Wildman–Crippen LogP) is 3.39. The van der Waals surface area contributed by atoms with E-state index in [9.17, 15) is 9.18 Å². The second-order valence-corrected chi connectivity index (χ2v) is 5.39. The molecule has 3 aromatic heterocycles. The summed E-state index contributed by atoms with van der Waals surface area (Å²) in [6, 6.07) is 13.0. The highest BCUT2D eigenvalue weighted by Crippen LogP contribution is 2.28. The Balaban J connectivity index is 1.97. The minimum absolute atomic E-state index is 0.242. The molecule has 6 heteroatoms. The molecule has 0 spiro atoms. The fraction of sp³-hybridized carbons (Fsp3) is 0.0556. The molecule has 0 bridgehead atoms. The largest absolute Gasteiger partial charge is 0.355 e. The van der Waals surface area contributed by atoms with Gasteiger partial charge in [0.05, 0.1) is 11.4 Å². The van der Waals surface area contributed by atoms with Crippen LogP contribution in [0.4, 0.5) is 4.39 Å². The number of hydrogen-bond donors (Lipinski definition) is 0. The van der Waals surface area contributed by atoms with Crippen LogP contribution in [-0.2, 0) is 7.05 Å². The molecule has 118 valence electrons. The maximum absolute atomic E-state index is 13.1. The molecule has 0 radical (unpaired) electrons. The minimum Gasteiger partial charge on any atom is -0.355 e. The highest BCUT2D eigenvalue weighted by Gasteiger charge is 2.18. The van der Waals surface area contributed by atoms with Gasteiger partial charge in [-0.1, -0.05) is 11.2 Å². The van der Waals surface area contributed by atoms with Crippen molar-refractivity contribution in [2.75, 3.05) is 0 Å². The van der Waals surface area contributed by atoms with Crippen molar-refractivity contribution < 1.29 is 8.91 Å². The summed E-state index contributed by atoms with van der Waals surface area (Å²) < 4.78 is 20.0. The van der Waals surface area contributed by atoms with Crippen molar-refractivity contribution >= 4 is 11.0 Å². The van der Waals surface area contributed by atoms with Crippen LogP contribution in [0.5, 0.6) is 0 Å². The zero-order chi connectivity index (χ0) is 16.7. The topological polar surface area (TPSA) is 60.9 Å². The Kier molecular flexibility index (Phi) is 3.23. The van der Waals surface area contributed by atoms with Gasteiger partial charge in [-0.2, -0.15) is 0 Å². The van der Waals surface area contributed by atoms with E-state index in [-0.39, 0.29) is 11.4 Å². The molecule has 4 aromatic rings. The van der Waals surface area contributed by atoms with Gasteiger partial charge in [0.1, 0.15) is 16.9 Å². The molecule has 5 nitrogen and oxygen atoms in total. The third-order valence-electron chi connectivity index (χ3n) is 3.91. The maximum Gasteiger partial charge on any atom is 0.264 e. The first-order valence-electron chi connectivity index (χ1n) is 7.32. The lowest BCUT2D eigenvalue weighted by Crippen LogP contribution is -2.18. The van der Waals surface area contributed by atoms with Gasteiger partial charge in [-0.3, -0.25) is 9.78 Å². The Hall–Kier alpha value is -3.28. The highest BCUT2D eigenvalue weighted by molar-refractivity contribution is 5.92. The Bertz CT molecular complexity index is 1080. The molecule has 0 saturated heterocycles. The van der Waals surface area contributed by atoms with Crippen molar-refractivity contribution in [1.29, 1.82) is 0 Å². The van der Waals surface area contributed by atoms with Crippen LogP contribution in [-0.4, -0.2) is 14.7 Å². The fourth-order valence-electron chi connectivity index (χ4n) is 2.67. The summed E-state index contributed by atoms with van der Waals surface area (Å²) >= 11 is 0. The van der Waals surface area contributed by atoms with E-state index in [1.807, 2.05) is 12.1 Å². The van der Waals surface area contributed by atoms with E-state index < -0.39 is 0 Å². The number of benzene rings is 1. The van der Waals surface area contributed by atoms with Crippen LogP contribution >= 0.6 is 0 Å². The molecule has 0 aliphatic heterocycles. The average Bonchev–Trinajstić information content (AvgIpc) is 3.03. The van der Waals surface area contributed by atoms with Crippen molar-refractivity contribution in [3.63, 3.8) is 0 Å². The SMILES string of the molecule is Cn1c(-c2ccccn2)cc2onc(-c3ccc(F)cc3)c2c1=O. The molecule has 0 fully saturated rings. The van der Waals surface area contributed by atoms with Crippen LogP contribution in [0.1, 0.15) is 0 Å². The Labute approximate surface area is 136 Å². The second-order valence-electron chi connectivity index (χ2n) is 5.39. The first-order valence-corrected chi connectivity index (χ1v) is 7.32. The van der Waals surface area contributed by atoms with Gasteiger partial charge < -0.3 is 9.09 Å². The molecule has 0 atom stereocenters. The van der Waals surface area contributed by atoms with Crippen LogP contribution in [0, 0.1) is 5.82 Å². The third-order valence-corrected chi connectivity index (χ3v) is 3.91. The number of pyridine rings is 2. The number of halogens is 1. The van der Waals surface area contributed by atoms with Gasteiger partial charge in [0, 0.05) is 24.9 Å². The van der Waals surface area contributed by atoms with E-state index >= 15 is 0 Å². The van der Waals surface area contributed by atoms with Crippen molar-refractivity contribution in [2.45, 2.75) is 0 Å². The van der Waals surface area contributed by atoms with Crippen molar-refractivity contribution in [1.82, 2.24) is 14.7 Å². The first-order chi connectivity index (χ1) is 11.6. The monoisotopic (exact) mass is 321 g/mol. The summed E-state index contributed by atoms with van der Waals surface area (Å²) in [6.07, 6.45) is 1.66. The first kappa shape index (κ1) is 14.3. The number of nitrogens with zero attached hydrogens (tertiary/aromatic N) is 3. The summed E-state index contributed by atoms with van der Waals surface area (Å²) in [5.74, 6) is -0.350.